The van der Waals surface area contributed by atoms with Gasteiger partial charge in [-0.25, -0.2) is 30.7 Å². The van der Waals surface area contributed by atoms with Gasteiger partial charge in [-0.15, -0.1) is 0 Å². The second-order valence-electron chi connectivity index (χ2n) is 6.29. The van der Waals surface area contributed by atoms with Gasteiger partial charge in [0.15, 0.2) is 5.82 Å². The lowest BCUT2D eigenvalue weighted by Crippen LogP contribution is -2.35. The summed E-state index contributed by atoms with van der Waals surface area (Å²) in [6.07, 6.45) is -2.68. The quantitative estimate of drug-likeness (QED) is 0.687. The minimum Gasteiger partial charge on any atom is -0.380 e. The smallest absolute Gasteiger partial charge is 0.266 e. The number of rotatable bonds is 6. The molecule has 0 bridgehead atoms. The van der Waals surface area contributed by atoms with Crippen molar-refractivity contribution in [3.63, 3.8) is 0 Å². The van der Waals surface area contributed by atoms with Crippen molar-refractivity contribution in [3.8, 4) is 0 Å². The third-order valence-corrected chi connectivity index (χ3v) is 5.78. The van der Waals surface area contributed by atoms with Crippen molar-refractivity contribution in [2.45, 2.75) is 23.8 Å². The van der Waals surface area contributed by atoms with Gasteiger partial charge in [-0.05, 0) is 36.8 Å². The summed E-state index contributed by atoms with van der Waals surface area (Å²) in [6.45, 7) is 0.522. The molecular formula is C18H16F4N2O4S. The van der Waals surface area contributed by atoms with Gasteiger partial charge in [-0.3, -0.25) is 4.79 Å². The maximum atomic E-state index is 14.8. The van der Waals surface area contributed by atoms with Crippen LogP contribution in [-0.2, 0) is 14.8 Å². The number of ether oxygens (including phenoxy) is 1. The number of hydrogen-bond acceptors (Lipinski definition) is 4. The highest BCUT2D eigenvalue weighted by molar-refractivity contribution is 7.89. The molecule has 2 N–H and O–H groups in total. The molecule has 156 valence electrons. The molecule has 2 aromatic rings. The predicted molar refractivity (Wildman–Crippen MR) is 95.3 cm³/mol. The third-order valence-electron chi connectivity index (χ3n) is 4.24. The Balaban J connectivity index is 1.85. The molecule has 1 amide bonds. The highest BCUT2D eigenvalue weighted by Gasteiger charge is 2.28. The van der Waals surface area contributed by atoms with Gasteiger partial charge >= 0.3 is 0 Å². The number of halogens is 4. The number of carbonyl (C=O) groups excluding carboxylic acids is 1. The average Bonchev–Trinajstić information content (AvgIpc) is 3.15. The highest BCUT2D eigenvalue weighted by atomic mass is 32.2. The second kappa shape index (κ2) is 8.47. The molecule has 0 radical (unpaired) electrons. The Kier molecular flexibility index (Phi) is 6.20. The van der Waals surface area contributed by atoms with Crippen LogP contribution in [0.3, 0.4) is 0 Å². The fourth-order valence-corrected chi connectivity index (χ4v) is 4.15. The van der Waals surface area contributed by atoms with Crippen LogP contribution in [0.4, 0.5) is 23.2 Å². The van der Waals surface area contributed by atoms with Crippen LogP contribution in [0, 0.1) is 11.6 Å². The summed E-state index contributed by atoms with van der Waals surface area (Å²) in [5.41, 5.74) is -1.73. The maximum Gasteiger partial charge on any atom is 0.266 e. The van der Waals surface area contributed by atoms with E-state index in [1.54, 1.807) is 0 Å². The van der Waals surface area contributed by atoms with E-state index in [0.29, 0.717) is 13.0 Å². The van der Waals surface area contributed by atoms with Crippen LogP contribution in [0.1, 0.15) is 28.8 Å². The van der Waals surface area contributed by atoms with E-state index >= 15 is 0 Å². The first-order chi connectivity index (χ1) is 13.7. The zero-order chi connectivity index (χ0) is 21.2. The molecule has 0 aromatic heterocycles. The Bertz CT molecular complexity index is 1020. The predicted octanol–water partition coefficient (Wildman–Crippen LogP) is 3.22. The third kappa shape index (κ3) is 4.74. The van der Waals surface area contributed by atoms with E-state index in [1.165, 1.54) is 6.07 Å². The number of anilines is 1. The molecule has 11 heteroatoms. The van der Waals surface area contributed by atoms with Crippen molar-refractivity contribution in [1.29, 1.82) is 0 Å². The SMILES string of the molecule is O=C(Nc1ccc(F)c(C(F)F)c1)c1cccc(S(=O)(=O)NC2CCOC2)c1F. The minimum absolute atomic E-state index is 0.151. The number of hydrogen-bond donors (Lipinski definition) is 2. The van der Waals surface area contributed by atoms with Crippen molar-refractivity contribution in [3.05, 3.63) is 59.2 Å². The molecule has 1 aliphatic heterocycles. The van der Waals surface area contributed by atoms with E-state index < -0.39 is 56.1 Å². The van der Waals surface area contributed by atoms with E-state index in [4.69, 9.17) is 4.74 Å². The topological polar surface area (TPSA) is 84.5 Å². The molecule has 0 spiro atoms. The molecule has 3 rings (SSSR count). The van der Waals surface area contributed by atoms with Crippen molar-refractivity contribution in [2.75, 3.05) is 18.5 Å². The lowest BCUT2D eigenvalue weighted by atomic mass is 10.1. The lowest BCUT2D eigenvalue weighted by Gasteiger charge is -2.14. The fourth-order valence-electron chi connectivity index (χ4n) is 2.79. The summed E-state index contributed by atoms with van der Waals surface area (Å²) in [5, 5.41) is 2.16. The molecule has 1 heterocycles. The Hall–Kier alpha value is -2.50. The van der Waals surface area contributed by atoms with Gasteiger partial charge in [0.05, 0.1) is 17.7 Å². The molecule has 1 fully saturated rings. The Morgan fingerprint density at radius 3 is 2.59 bits per heavy atom. The van der Waals surface area contributed by atoms with Crippen LogP contribution < -0.4 is 10.0 Å². The molecule has 29 heavy (non-hydrogen) atoms. The molecule has 0 aliphatic carbocycles. The van der Waals surface area contributed by atoms with Crippen molar-refractivity contribution in [2.24, 2.45) is 0 Å². The van der Waals surface area contributed by atoms with E-state index in [2.05, 4.69) is 10.0 Å². The van der Waals surface area contributed by atoms with Crippen molar-refractivity contribution >= 4 is 21.6 Å². The van der Waals surface area contributed by atoms with Crippen molar-refractivity contribution in [1.82, 2.24) is 4.72 Å². The zero-order valence-electron chi connectivity index (χ0n) is 14.8. The maximum absolute atomic E-state index is 14.8. The van der Waals surface area contributed by atoms with Crippen LogP contribution in [0.2, 0.25) is 0 Å². The average molecular weight is 432 g/mol. The standard InChI is InChI=1S/C18H16F4N2O4S/c19-14-5-4-10(8-13(14)17(21)22)23-18(25)12-2-1-3-15(16(12)20)29(26,27)24-11-6-7-28-9-11/h1-5,8,11,17,24H,6-7,9H2,(H,23,25). The van der Waals surface area contributed by atoms with Crippen LogP contribution in [0.25, 0.3) is 0 Å². The van der Waals surface area contributed by atoms with Gasteiger partial charge in [0.2, 0.25) is 10.0 Å². The minimum atomic E-state index is -4.26. The first-order valence-corrected chi connectivity index (χ1v) is 9.95. The normalized spacial score (nSPS) is 16.9. The van der Waals surface area contributed by atoms with Crippen LogP contribution >= 0.6 is 0 Å². The molecule has 1 atom stereocenters. The van der Waals surface area contributed by atoms with E-state index in [0.717, 1.165) is 30.3 Å². The van der Waals surface area contributed by atoms with Crippen LogP contribution in [0.5, 0.6) is 0 Å². The largest absolute Gasteiger partial charge is 0.380 e. The summed E-state index contributed by atoms with van der Waals surface area (Å²) in [6, 6.07) is 5.19. The molecular weight excluding hydrogens is 416 g/mol. The summed E-state index contributed by atoms with van der Waals surface area (Å²) >= 11 is 0. The number of alkyl halides is 2. The van der Waals surface area contributed by atoms with Crippen LogP contribution in [-0.4, -0.2) is 33.6 Å². The van der Waals surface area contributed by atoms with Crippen molar-refractivity contribution < 1.29 is 35.5 Å². The van der Waals surface area contributed by atoms with E-state index in [1.807, 2.05) is 0 Å². The van der Waals surface area contributed by atoms with Gasteiger partial charge in [0.25, 0.3) is 12.3 Å². The zero-order valence-corrected chi connectivity index (χ0v) is 15.6. The molecule has 1 aliphatic rings. The number of carbonyl (C=O) groups is 1. The summed E-state index contributed by atoms with van der Waals surface area (Å²) in [4.78, 5) is 11.6. The lowest BCUT2D eigenvalue weighted by molar-refractivity contribution is 0.102. The van der Waals surface area contributed by atoms with Gasteiger partial charge in [-0.2, -0.15) is 0 Å². The van der Waals surface area contributed by atoms with Gasteiger partial charge in [0.1, 0.15) is 10.7 Å². The van der Waals surface area contributed by atoms with Gasteiger partial charge < -0.3 is 10.1 Å². The molecule has 0 saturated carbocycles. The van der Waals surface area contributed by atoms with E-state index in [9.17, 15) is 30.8 Å². The molecule has 2 aromatic carbocycles. The summed E-state index contributed by atoms with van der Waals surface area (Å²) in [5.74, 6) is -3.53. The molecule has 1 saturated heterocycles. The molecule has 6 nitrogen and oxygen atoms in total. The fraction of sp³-hybridized carbons (Fsp3) is 0.278. The Labute approximate surface area is 163 Å². The first-order valence-electron chi connectivity index (χ1n) is 8.46. The van der Waals surface area contributed by atoms with Gasteiger partial charge in [0, 0.05) is 18.3 Å². The summed E-state index contributed by atoms with van der Waals surface area (Å²) < 4.78 is 86.0. The monoisotopic (exact) mass is 432 g/mol. The van der Waals surface area contributed by atoms with Gasteiger partial charge in [-0.1, -0.05) is 6.07 Å². The Morgan fingerprint density at radius 1 is 1.17 bits per heavy atom. The number of benzene rings is 2. The first kappa shape index (κ1) is 21.2. The Morgan fingerprint density at radius 2 is 1.93 bits per heavy atom. The number of amides is 1. The van der Waals surface area contributed by atoms with Crippen LogP contribution in [0.15, 0.2) is 41.3 Å². The molecule has 1 unspecified atom stereocenters. The van der Waals surface area contributed by atoms with E-state index in [-0.39, 0.29) is 12.3 Å². The summed E-state index contributed by atoms with van der Waals surface area (Å²) in [7, 11) is -4.26. The second-order valence-corrected chi connectivity index (χ2v) is 7.97. The number of sulfonamides is 1. The highest BCUT2D eigenvalue weighted by Crippen LogP contribution is 2.26. The number of nitrogens with one attached hydrogen (secondary N) is 2.